The van der Waals surface area contributed by atoms with Crippen LogP contribution in [0.4, 0.5) is 16.4 Å². The van der Waals surface area contributed by atoms with Crippen molar-refractivity contribution < 1.29 is 24.2 Å². The van der Waals surface area contributed by atoms with Crippen molar-refractivity contribution in [3.63, 3.8) is 0 Å². The van der Waals surface area contributed by atoms with Crippen LogP contribution in [-0.4, -0.2) is 72.7 Å². The van der Waals surface area contributed by atoms with Crippen LogP contribution in [0, 0.1) is 0 Å². The van der Waals surface area contributed by atoms with E-state index in [-0.39, 0.29) is 42.1 Å². The highest BCUT2D eigenvalue weighted by Crippen LogP contribution is 2.44. The van der Waals surface area contributed by atoms with Gasteiger partial charge in [-0.25, -0.2) is 14.8 Å². The first-order valence-electron chi connectivity index (χ1n) is 12.3. The van der Waals surface area contributed by atoms with Crippen LogP contribution in [0.1, 0.15) is 61.5 Å². The molecular formula is C25H29N7O5. The van der Waals surface area contributed by atoms with Crippen LogP contribution < -0.4 is 11.1 Å². The Balaban J connectivity index is 1.52. The molecule has 3 aromatic rings. The monoisotopic (exact) mass is 507 g/mol. The summed E-state index contributed by atoms with van der Waals surface area (Å²) in [5.74, 6) is 0.0331. The minimum atomic E-state index is -0.588. The van der Waals surface area contributed by atoms with Gasteiger partial charge in [-0.15, -0.1) is 0 Å². The Morgan fingerprint density at radius 1 is 1.19 bits per heavy atom. The van der Waals surface area contributed by atoms with Crippen molar-refractivity contribution >= 4 is 35.1 Å². The zero-order valence-corrected chi connectivity index (χ0v) is 20.7. The van der Waals surface area contributed by atoms with E-state index in [9.17, 15) is 19.5 Å². The number of amides is 2. The molecule has 0 spiro atoms. The van der Waals surface area contributed by atoms with Gasteiger partial charge in [0.05, 0.1) is 24.1 Å². The van der Waals surface area contributed by atoms with Gasteiger partial charge in [0.15, 0.2) is 11.4 Å². The van der Waals surface area contributed by atoms with E-state index >= 15 is 0 Å². The second kappa shape index (κ2) is 9.77. The number of carbonyl (C=O) groups excluding carboxylic acids is 3. The summed E-state index contributed by atoms with van der Waals surface area (Å²) in [5, 5.41) is 16.3. The maximum absolute atomic E-state index is 12.7. The molecule has 2 saturated heterocycles. The quantitative estimate of drug-likeness (QED) is 0.425. The van der Waals surface area contributed by atoms with Crippen molar-refractivity contribution in [3.05, 3.63) is 35.8 Å². The van der Waals surface area contributed by atoms with Gasteiger partial charge in [0.1, 0.15) is 18.2 Å². The zero-order chi connectivity index (χ0) is 26.3. The number of anilines is 2. The van der Waals surface area contributed by atoms with Crippen LogP contribution in [-0.2, 0) is 9.53 Å². The number of Topliss-reactive ketones (excluding diaryl/α,β-unsaturated/α-hetero) is 1. The highest BCUT2D eigenvalue weighted by Gasteiger charge is 2.44. The first kappa shape index (κ1) is 24.6. The second-order valence-electron chi connectivity index (χ2n) is 9.40. The molecule has 5 heterocycles. The number of nitrogens with one attached hydrogen (secondary N) is 1. The van der Waals surface area contributed by atoms with Gasteiger partial charge in [0, 0.05) is 35.3 Å². The maximum Gasteiger partial charge on any atom is 0.412 e. The molecule has 2 aliphatic heterocycles. The molecule has 2 aliphatic rings. The third-order valence-corrected chi connectivity index (χ3v) is 7.19. The number of hydrogen-bond donors (Lipinski definition) is 3. The van der Waals surface area contributed by atoms with Gasteiger partial charge in [0.2, 0.25) is 5.91 Å². The Morgan fingerprint density at radius 2 is 1.92 bits per heavy atom. The van der Waals surface area contributed by atoms with Crippen molar-refractivity contribution in [1.82, 2.24) is 24.5 Å². The molecule has 0 aliphatic carbocycles. The second-order valence-corrected chi connectivity index (χ2v) is 9.40. The van der Waals surface area contributed by atoms with E-state index in [4.69, 9.17) is 15.5 Å². The number of aromatic nitrogens is 4. The molecule has 0 aromatic carbocycles. The lowest BCUT2D eigenvalue weighted by Crippen LogP contribution is -2.47. The predicted molar refractivity (Wildman–Crippen MR) is 134 cm³/mol. The molecule has 12 heteroatoms. The van der Waals surface area contributed by atoms with Crippen molar-refractivity contribution in [2.45, 2.75) is 57.5 Å². The molecule has 0 saturated carbocycles. The Hall–Kier alpha value is -4.06. The molecule has 12 nitrogen and oxygen atoms in total. The summed E-state index contributed by atoms with van der Waals surface area (Å²) in [6.07, 6.45) is 5.62. The van der Waals surface area contributed by atoms with E-state index in [0.29, 0.717) is 46.7 Å². The summed E-state index contributed by atoms with van der Waals surface area (Å²) in [7, 11) is 0. The first-order chi connectivity index (χ1) is 17.8. The van der Waals surface area contributed by atoms with Crippen molar-refractivity contribution in [3.8, 4) is 11.1 Å². The lowest BCUT2D eigenvalue weighted by atomic mass is 9.85. The molecule has 3 atom stereocenters. The third-order valence-electron chi connectivity index (χ3n) is 7.19. The summed E-state index contributed by atoms with van der Waals surface area (Å²) in [4.78, 5) is 47.7. The lowest BCUT2D eigenvalue weighted by Gasteiger charge is -2.39. The number of pyridine rings is 1. The van der Waals surface area contributed by atoms with Crippen LogP contribution in [0.25, 0.3) is 16.8 Å². The molecule has 0 radical (unpaired) electrons. The summed E-state index contributed by atoms with van der Waals surface area (Å²) in [6.45, 7) is 2.93. The number of aliphatic hydroxyl groups excluding tert-OH is 1. The minimum Gasteiger partial charge on any atom is -0.450 e. The summed E-state index contributed by atoms with van der Waals surface area (Å²) >= 11 is 0. The average molecular weight is 508 g/mol. The smallest absolute Gasteiger partial charge is 0.412 e. The molecule has 2 fully saturated rings. The number of aliphatic hydroxyl groups is 1. The lowest BCUT2D eigenvalue weighted by molar-refractivity contribution is -0.138. The summed E-state index contributed by atoms with van der Waals surface area (Å²) in [6, 6.07) is 3.42. The SMILES string of the molecule is CCOC(=O)Nc1ccc(-c2cnn3c(N)c(C(C)=O)c(C4C[C@H]5CC[C@@H](C4)N5C(=O)CO)nc23)cn1. The van der Waals surface area contributed by atoms with E-state index in [1.54, 1.807) is 36.4 Å². The standard InChI is InChI=1S/C25H29N7O5/c1-3-37-25(36)29-19-7-4-14(10-27-19)18-11-28-32-23(26)21(13(2)34)22(30-24(18)32)15-8-16-5-6-17(9-15)31(16)20(35)12-33/h4,7,10-11,15-17,33H,3,5-6,8-9,12,26H2,1-2H3,(H,27,29,36)/t15?,16-,17+. The largest absolute Gasteiger partial charge is 0.450 e. The third kappa shape index (κ3) is 4.37. The Labute approximate surface area is 212 Å². The van der Waals surface area contributed by atoms with E-state index in [0.717, 1.165) is 12.8 Å². The normalized spacial score (nSPS) is 20.7. The Bertz CT molecular complexity index is 1360. The van der Waals surface area contributed by atoms with Gasteiger partial charge >= 0.3 is 6.09 Å². The van der Waals surface area contributed by atoms with Crippen LogP contribution in [0.2, 0.25) is 0 Å². The topological polar surface area (TPSA) is 165 Å². The molecule has 4 N–H and O–H groups in total. The highest BCUT2D eigenvalue weighted by molar-refractivity contribution is 6.00. The fraction of sp³-hybridized carbons (Fsp3) is 0.440. The molecule has 194 valence electrons. The number of hydrogen-bond acceptors (Lipinski definition) is 9. The number of nitrogen functional groups attached to an aromatic ring is 1. The van der Waals surface area contributed by atoms with Gasteiger partial charge in [0.25, 0.3) is 0 Å². The highest BCUT2D eigenvalue weighted by atomic mass is 16.5. The molecule has 1 unspecified atom stereocenters. The van der Waals surface area contributed by atoms with Crippen LogP contribution in [0.5, 0.6) is 0 Å². The van der Waals surface area contributed by atoms with E-state index in [1.807, 2.05) is 0 Å². The zero-order valence-electron chi connectivity index (χ0n) is 20.7. The molecule has 2 bridgehead atoms. The van der Waals surface area contributed by atoms with Gasteiger partial charge < -0.3 is 20.5 Å². The molecule has 37 heavy (non-hydrogen) atoms. The minimum absolute atomic E-state index is 0.00418. The van der Waals surface area contributed by atoms with E-state index < -0.39 is 12.7 Å². The number of carbonyl (C=O) groups is 3. The molecule has 5 rings (SSSR count). The summed E-state index contributed by atoms with van der Waals surface area (Å²) < 4.78 is 6.33. The van der Waals surface area contributed by atoms with Gasteiger partial charge in [-0.05, 0) is 51.7 Å². The van der Waals surface area contributed by atoms with E-state index in [2.05, 4.69) is 15.4 Å². The van der Waals surface area contributed by atoms with Crippen LogP contribution >= 0.6 is 0 Å². The molecular weight excluding hydrogens is 478 g/mol. The van der Waals surface area contributed by atoms with Gasteiger partial charge in [-0.2, -0.15) is 9.61 Å². The van der Waals surface area contributed by atoms with E-state index in [1.165, 1.54) is 11.4 Å². The Morgan fingerprint density at radius 3 is 2.51 bits per heavy atom. The number of fused-ring (bicyclic) bond motifs is 3. The van der Waals surface area contributed by atoms with Crippen molar-refractivity contribution in [2.75, 3.05) is 24.3 Å². The number of ether oxygens (including phenoxy) is 1. The number of piperidine rings is 1. The summed E-state index contributed by atoms with van der Waals surface area (Å²) in [5.41, 5.74) is 9.31. The number of rotatable bonds is 6. The van der Waals surface area contributed by atoms with Crippen LogP contribution in [0.15, 0.2) is 24.5 Å². The van der Waals surface area contributed by atoms with Crippen molar-refractivity contribution in [1.29, 1.82) is 0 Å². The predicted octanol–water partition coefficient (Wildman–Crippen LogP) is 2.37. The number of nitrogens with two attached hydrogens (primary N) is 1. The van der Waals surface area contributed by atoms with Crippen LogP contribution in [0.3, 0.4) is 0 Å². The maximum atomic E-state index is 12.7. The number of nitrogens with zero attached hydrogens (tertiary/aromatic N) is 5. The van der Waals surface area contributed by atoms with Crippen molar-refractivity contribution in [2.24, 2.45) is 0 Å². The molecule has 2 amide bonds. The fourth-order valence-corrected chi connectivity index (χ4v) is 5.68. The number of ketones is 1. The van der Waals surface area contributed by atoms with Gasteiger partial charge in [-0.1, -0.05) is 0 Å². The average Bonchev–Trinajstić information content (AvgIpc) is 3.42. The Kier molecular flexibility index (Phi) is 6.50. The first-order valence-corrected chi connectivity index (χ1v) is 12.3. The molecule has 3 aromatic heterocycles. The van der Waals surface area contributed by atoms with Gasteiger partial charge in [-0.3, -0.25) is 14.9 Å². The fourth-order valence-electron chi connectivity index (χ4n) is 5.68.